The van der Waals surface area contributed by atoms with Crippen LogP contribution in [0.3, 0.4) is 0 Å². The highest BCUT2D eigenvalue weighted by atomic mass is 35.5. The third-order valence-electron chi connectivity index (χ3n) is 7.68. The molecule has 2 atom stereocenters. The topological polar surface area (TPSA) is 67.1 Å². The summed E-state index contributed by atoms with van der Waals surface area (Å²) in [5, 5.41) is 13.9. The third-order valence-corrected chi connectivity index (χ3v) is 7.97. The van der Waals surface area contributed by atoms with Gasteiger partial charge in [-0.15, -0.1) is 0 Å². The molecule has 0 spiro atoms. The Morgan fingerprint density at radius 3 is 2.60 bits per heavy atom. The number of hydrogen-bond acceptors (Lipinski definition) is 3. The monoisotopic (exact) mass is 431 g/mol. The fourth-order valence-electron chi connectivity index (χ4n) is 5.99. The summed E-state index contributed by atoms with van der Waals surface area (Å²) >= 11 is 5.84. The first-order valence-electron chi connectivity index (χ1n) is 10.8. The number of rotatable bonds is 4. The lowest BCUT2D eigenvalue weighted by Crippen LogP contribution is -2.39. The molecule has 30 heavy (non-hydrogen) atoms. The molecule has 3 fully saturated rings. The molecule has 3 saturated carbocycles. The number of benzene rings is 1. The first kappa shape index (κ1) is 20.0. The predicted molar refractivity (Wildman–Crippen MR) is 113 cm³/mol. The SMILES string of the molecule is Cn1cnc(C2CC3CC(O)(C4CCC4)CC3C2)c1C(=O)Nc1ccc(F)c(Cl)c1. The van der Waals surface area contributed by atoms with Gasteiger partial charge in [-0.2, -0.15) is 0 Å². The fraction of sp³-hybridized carbons (Fsp3) is 0.565. The normalized spacial score (nSPS) is 30.9. The molecule has 5 nitrogen and oxygen atoms in total. The summed E-state index contributed by atoms with van der Waals surface area (Å²) in [5.74, 6) is 0.944. The van der Waals surface area contributed by atoms with Crippen LogP contribution in [0.5, 0.6) is 0 Å². The number of fused-ring (bicyclic) bond motifs is 1. The number of anilines is 1. The summed E-state index contributed by atoms with van der Waals surface area (Å²) < 4.78 is 15.2. The molecular formula is C23H27ClFN3O2. The van der Waals surface area contributed by atoms with Crippen molar-refractivity contribution in [3.63, 3.8) is 0 Å². The van der Waals surface area contributed by atoms with Gasteiger partial charge >= 0.3 is 0 Å². The van der Waals surface area contributed by atoms with E-state index < -0.39 is 11.4 Å². The molecule has 160 valence electrons. The van der Waals surface area contributed by atoms with Crippen LogP contribution < -0.4 is 5.32 Å². The molecule has 3 aliphatic carbocycles. The van der Waals surface area contributed by atoms with E-state index in [2.05, 4.69) is 10.3 Å². The largest absolute Gasteiger partial charge is 0.390 e. The smallest absolute Gasteiger partial charge is 0.274 e. The van der Waals surface area contributed by atoms with Crippen LogP contribution in [-0.2, 0) is 7.05 Å². The van der Waals surface area contributed by atoms with Crippen molar-refractivity contribution in [3.05, 3.63) is 46.8 Å². The van der Waals surface area contributed by atoms with Gasteiger partial charge in [0.15, 0.2) is 0 Å². The van der Waals surface area contributed by atoms with E-state index in [1.807, 2.05) is 7.05 Å². The molecular weight excluding hydrogens is 405 g/mol. The maximum Gasteiger partial charge on any atom is 0.274 e. The Balaban J connectivity index is 1.31. The number of carbonyl (C=O) groups is 1. The van der Waals surface area contributed by atoms with Gasteiger partial charge in [-0.25, -0.2) is 9.37 Å². The fourth-order valence-corrected chi connectivity index (χ4v) is 6.17. The Bertz CT molecular complexity index is 973. The first-order chi connectivity index (χ1) is 14.3. The lowest BCUT2D eigenvalue weighted by molar-refractivity contribution is -0.0510. The Labute approximate surface area is 180 Å². The number of halogens is 2. The zero-order valence-electron chi connectivity index (χ0n) is 17.1. The van der Waals surface area contributed by atoms with Crippen LogP contribution in [0.25, 0.3) is 0 Å². The molecule has 2 aromatic rings. The van der Waals surface area contributed by atoms with Crippen LogP contribution in [0, 0.1) is 23.6 Å². The van der Waals surface area contributed by atoms with Crippen LogP contribution in [0.2, 0.25) is 5.02 Å². The summed E-state index contributed by atoms with van der Waals surface area (Å²) in [6.07, 6.45) is 8.98. The predicted octanol–water partition coefficient (Wildman–Crippen LogP) is 4.90. The Morgan fingerprint density at radius 1 is 1.30 bits per heavy atom. The molecule has 1 aromatic heterocycles. The van der Waals surface area contributed by atoms with Crippen molar-refractivity contribution < 1.29 is 14.3 Å². The number of amides is 1. The molecule has 0 saturated heterocycles. The molecule has 1 amide bonds. The van der Waals surface area contributed by atoms with E-state index in [1.165, 1.54) is 24.6 Å². The average Bonchev–Trinajstić information content (AvgIpc) is 3.27. The van der Waals surface area contributed by atoms with E-state index in [0.29, 0.717) is 29.1 Å². The molecule has 2 unspecified atom stereocenters. The number of carbonyl (C=O) groups excluding carboxylic acids is 1. The highest BCUT2D eigenvalue weighted by Gasteiger charge is 2.53. The van der Waals surface area contributed by atoms with Crippen molar-refractivity contribution in [1.82, 2.24) is 9.55 Å². The van der Waals surface area contributed by atoms with Crippen molar-refractivity contribution in [2.24, 2.45) is 24.8 Å². The Morgan fingerprint density at radius 2 is 2.00 bits per heavy atom. The maximum atomic E-state index is 13.4. The molecule has 1 aromatic carbocycles. The van der Waals surface area contributed by atoms with Crippen molar-refractivity contribution in [2.75, 3.05) is 5.32 Å². The van der Waals surface area contributed by atoms with Crippen LogP contribution in [0.1, 0.15) is 67.0 Å². The van der Waals surface area contributed by atoms with Gasteiger partial charge in [-0.3, -0.25) is 4.79 Å². The number of aliphatic hydroxyl groups is 1. The summed E-state index contributed by atoms with van der Waals surface area (Å²) in [5.41, 5.74) is 1.34. The van der Waals surface area contributed by atoms with Gasteiger partial charge < -0.3 is 15.0 Å². The molecule has 2 N–H and O–H groups in total. The van der Waals surface area contributed by atoms with Gasteiger partial charge in [0, 0.05) is 18.7 Å². The van der Waals surface area contributed by atoms with E-state index >= 15 is 0 Å². The Kier molecular flexibility index (Phi) is 4.90. The number of aromatic nitrogens is 2. The summed E-state index contributed by atoms with van der Waals surface area (Å²) in [4.78, 5) is 17.6. The van der Waals surface area contributed by atoms with E-state index in [1.54, 1.807) is 10.9 Å². The molecule has 0 radical (unpaired) electrons. The second-order valence-electron chi connectivity index (χ2n) is 9.50. The van der Waals surface area contributed by atoms with E-state index in [0.717, 1.165) is 44.2 Å². The van der Waals surface area contributed by atoms with E-state index in [-0.39, 0.29) is 16.8 Å². The number of nitrogens with zero attached hydrogens (tertiary/aromatic N) is 2. The van der Waals surface area contributed by atoms with Crippen LogP contribution in [-0.4, -0.2) is 26.2 Å². The lowest BCUT2D eigenvalue weighted by atomic mass is 9.71. The van der Waals surface area contributed by atoms with Crippen LogP contribution in [0.4, 0.5) is 10.1 Å². The second kappa shape index (κ2) is 7.34. The Hall–Kier alpha value is -1.92. The van der Waals surface area contributed by atoms with Gasteiger partial charge in [0.25, 0.3) is 5.91 Å². The molecule has 3 aliphatic rings. The number of aryl methyl sites for hydroxylation is 1. The minimum Gasteiger partial charge on any atom is -0.390 e. The van der Waals surface area contributed by atoms with E-state index in [4.69, 9.17) is 11.6 Å². The van der Waals surface area contributed by atoms with Gasteiger partial charge in [-0.05, 0) is 74.5 Å². The van der Waals surface area contributed by atoms with Crippen molar-refractivity contribution in [2.45, 2.75) is 56.5 Å². The van der Waals surface area contributed by atoms with Gasteiger partial charge in [0.05, 0.1) is 22.6 Å². The molecule has 7 heteroatoms. The summed E-state index contributed by atoms with van der Waals surface area (Å²) in [6.45, 7) is 0. The molecule has 0 aliphatic heterocycles. The number of nitrogens with one attached hydrogen (secondary N) is 1. The van der Waals surface area contributed by atoms with Gasteiger partial charge in [0.1, 0.15) is 11.5 Å². The highest BCUT2D eigenvalue weighted by Crippen LogP contribution is 2.58. The molecule has 1 heterocycles. The quantitative estimate of drug-likeness (QED) is 0.723. The standard InChI is InChI=1S/C23H27ClFN3O2/c1-28-12-26-20(21(28)22(29)27-17-5-6-19(25)18(24)9-17)13-7-14-10-23(30,11-15(14)8-13)16-3-2-4-16/h5-6,9,12-16,30H,2-4,7-8,10-11H2,1H3,(H,27,29). The van der Waals surface area contributed by atoms with Crippen LogP contribution in [0.15, 0.2) is 24.5 Å². The highest BCUT2D eigenvalue weighted by molar-refractivity contribution is 6.31. The van der Waals surface area contributed by atoms with E-state index in [9.17, 15) is 14.3 Å². The summed E-state index contributed by atoms with van der Waals surface area (Å²) in [6, 6.07) is 4.14. The number of imidazole rings is 1. The minimum absolute atomic E-state index is 0.0272. The van der Waals surface area contributed by atoms with Crippen molar-refractivity contribution >= 4 is 23.2 Å². The number of hydrogen-bond donors (Lipinski definition) is 2. The molecule has 0 bridgehead atoms. The minimum atomic E-state index is -0.518. The van der Waals surface area contributed by atoms with Crippen molar-refractivity contribution in [1.29, 1.82) is 0 Å². The zero-order valence-corrected chi connectivity index (χ0v) is 17.8. The third kappa shape index (κ3) is 3.34. The average molecular weight is 432 g/mol. The zero-order chi connectivity index (χ0) is 21.0. The van der Waals surface area contributed by atoms with Gasteiger partial charge in [0.2, 0.25) is 0 Å². The summed E-state index contributed by atoms with van der Waals surface area (Å²) in [7, 11) is 1.81. The van der Waals surface area contributed by atoms with Gasteiger partial charge in [-0.1, -0.05) is 18.0 Å². The molecule has 5 rings (SSSR count). The lowest BCUT2D eigenvalue weighted by Gasteiger charge is -2.39. The second-order valence-corrected chi connectivity index (χ2v) is 9.91. The first-order valence-corrected chi connectivity index (χ1v) is 11.2. The van der Waals surface area contributed by atoms with Crippen LogP contribution >= 0.6 is 11.6 Å². The maximum absolute atomic E-state index is 13.4. The van der Waals surface area contributed by atoms with Crippen molar-refractivity contribution in [3.8, 4) is 0 Å².